The number of carboxylic acids is 1. The Morgan fingerprint density at radius 1 is 1.43 bits per heavy atom. The van der Waals surface area contributed by atoms with E-state index in [1.807, 2.05) is 4.90 Å². The van der Waals surface area contributed by atoms with Crippen molar-refractivity contribution in [2.45, 2.75) is 19.8 Å². The van der Waals surface area contributed by atoms with Gasteiger partial charge in [0.1, 0.15) is 5.75 Å². The molecule has 1 aliphatic heterocycles. The number of aliphatic carboxylic acids is 1. The van der Waals surface area contributed by atoms with Crippen LogP contribution in [0.4, 0.5) is 13.2 Å². The molecule has 1 N–H and O–H groups in total. The molecule has 0 aromatic heterocycles. The van der Waals surface area contributed by atoms with Gasteiger partial charge >= 0.3 is 12.3 Å². The third-order valence-electron chi connectivity index (χ3n) is 3.67. The Morgan fingerprint density at radius 2 is 2.05 bits per heavy atom. The fourth-order valence-corrected chi connectivity index (χ4v) is 2.36. The van der Waals surface area contributed by atoms with E-state index in [1.54, 1.807) is 19.1 Å². The summed E-state index contributed by atoms with van der Waals surface area (Å²) in [6, 6.07) is 5.99. The normalized spacial score (nSPS) is 18.1. The number of hydrogen-bond acceptors (Lipinski definition) is 3. The predicted molar refractivity (Wildman–Crippen MR) is 68.7 cm³/mol. The SMILES string of the molecule is CC(C(=O)O)C1CN(Cc2ccccc2OC(F)(F)F)C1. The number of carbonyl (C=O) groups is 1. The Morgan fingerprint density at radius 3 is 2.62 bits per heavy atom. The van der Waals surface area contributed by atoms with Gasteiger partial charge in [-0.3, -0.25) is 9.69 Å². The summed E-state index contributed by atoms with van der Waals surface area (Å²) < 4.78 is 40.9. The van der Waals surface area contributed by atoms with Crippen molar-refractivity contribution in [3.63, 3.8) is 0 Å². The molecule has 1 saturated heterocycles. The maximum absolute atomic E-state index is 12.3. The zero-order valence-corrected chi connectivity index (χ0v) is 11.4. The molecule has 0 bridgehead atoms. The molecule has 0 radical (unpaired) electrons. The van der Waals surface area contributed by atoms with Gasteiger partial charge in [-0.2, -0.15) is 0 Å². The molecule has 4 nitrogen and oxygen atoms in total. The van der Waals surface area contributed by atoms with Crippen LogP contribution in [0.25, 0.3) is 0 Å². The smallest absolute Gasteiger partial charge is 0.481 e. The summed E-state index contributed by atoms with van der Waals surface area (Å²) in [5.41, 5.74) is 0.441. The van der Waals surface area contributed by atoms with Crippen LogP contribution in [0.15, 0.2) is 24.3 Å². The summed E-state index contributed by atoms with van der Waals surface area (Å²) in [6.45, 7) is 3.09. The summed E-state index contributed by atoms with van der Waals surface area (Å²) in [4.78, 5) is 12.8. The first-order valence-electron chi connectivity index (χ1n) is 6.55. The van der Waals surface area contributed by atoms with E-state index in [1.165, 1.54) is 12.1 Å². The Hall–Kier alpha value is -1.76. The topological polar surface area (TPSA) is 49.8 Å². The molecule has 7 heteroatoms. The number of halogens is 3. The molecule has 0 aliphatic carbocycles. The van der Waals surface area contributed by atoms with Crippen molar-refractivity contribution in [3.8, 4) is 5.75 Å². The minimum absolute atomic E-state index is 0.0400. The van der Waals surface area contributed by atoms with Gasteiger partial charge in [-0.1, -0.05) is 25.1 Å². The maximum Gasteiger partial charge on any atom is 0.573 e. The fourth-order valence-electron chi connectivity index (χ4n) is 2.36. The molecule has 1 heterocycles. The third-order valence-corrected chi connectivity index (χ3v) is 3.67. The van der Waals surface area contributed by atoms with E-state index in [4.69, 9.17) is 5.11 Å². The molecular formula is C14H16F3NO3. The number of nitrogens with zero attached hydrogens (tertiary/aromatic N) is 1. The van der Waals surface area contributed by atoms with Crippen LogP contribution in [-0.2, 0) is 11.3 Å². The number of hydrogen-bond donors (Lipinski definition) is 1. The molecule has 0 amide bonds. The molecule has 1 unspecified atom stereocenters. The highest BCUT2D eigenvalue weighted by atomic mass is 19.4. The zero-order valence-electron chi connectivity index (χ0n) is 11.4. The average Bonchev–Trinajstić information content (AvgIpc) is 2.32. The largest absolute Gasteiger partial charge is 0.573 e. The fraction of sp³-hybridized carbons (Fsp3) is 0.500. The van der Waals surface area contributed by atoms with E-state index < -0.39 is 18.2 Å². The molecule has 116 valence electrons. The van der Waals surface area contributed by atoms with Crippen molar-refractivity contribution in [3.05, 3.63) is 29.8 Å². The minimum atomic E-state index is -4.72. The Balaban J connectivity index is 1.95. The van der Waals surface area contributed by atoms with Gasteiger partial charge in [0, 0.05) is 25.2 Å². The van der Waals surface area contributed by atoms with Crippen LogP contribution >= 0.6 is 0 Å². The van der Waals surface area contributed by atoms with Gasteiger partial charge in [0.05, 0.1) is 5.92 Å². The lowest BCUT2D eigenvalue weighted by atomic mass is 9.87. The van der Waals surface area contributed by atoms with E-state index >= 15 is 0 Å². The number of ether oxygens (including phenoxy) is 1. The quantitative estimate of drug-likeness (QED) is 0.908. The van der Waals surface area contributed by atoms with E-state index in [2.05, 4.69) is 4.74 Å². The molecule has 1 aliphatic rings. The van der Waals surface area contributed by atoms with Crippen molar-refractivity contribution >= 4 is 5.97 Å². The van der Waals surface area contributed by atoms with Crippen molar-refractivity contribution in [2.24, 2.45) is 11.8 Å². The molecule has 1 aromatic rings. The Bertz CT molecular complexity index is 512. The van der Waals surface area contributed by atoms with Crippen LogP contribution in [0.1, 0.15) is 12.5 Å². The third kappa shape index (κ3) is 4.10. The molecule has 1 atom stereocenters. The van der Waals surface area contributed by atoms with Gasteiger partial charge in [-0.25, -0.2) is 0 Å². The molecule has 2 rings (SSSR count). The summed E-state index contributed by atoms with van der Waals surface area (Å²) in [5.74, 6) is -1.46. The van der Waals surface area contributed by atoms with Gasteiger partial charge in [0.25, 0.3) is 0 Å². The van der Waals surface area contributed by atoms with E-state index in [0.717, 1.165) is 0 Å². The molecular weight excluding hydrogens is 287 g/mol. The Labute approximate surface area is 120 Å². The van der Waals surface area contributed by atoms with Crippen LogP contribution < -0.4 is 4.74 Å². The van der Waals surface area contributed by atoms with E-state index in [0.29, 0.717) is 25.2 Å². The van der Waals surface area contributed by atoms with Crippen molar-refractivity contribution < 1.29 is 27.8 Å². The number of likely N-dealkylation sites (tertiary alicyclic amines) is 1. The number of alkyl halides is 3. The lowest BCUT2D eigenvalue weighted by Gasteiger charge is -2.41. The van der Waals surface area contributed by atoms with E-state index in [-0.39, 0.29) is 11.7 Å². The summed E-state index contributed by atoms with van der Waals surface area (Å²) in [5, 5.41) is 8.90. The van der Waals surface area contributed by atoms with Crippen molar-refractivity contribution in [1.82, 2.24) is 4.90 Å². The highest BCUT2D eigenvalue weighted by molar-refractivity contribution is 5.70. The number of rotatable bonds is 5. The second-order valence-electron chi connectivity index (χ2n) is 5.24. The van der Waals surface area contributed by atoms with Gasteiger partial charge in [-0.05, 0) is 12.0 Å². The average molecular weight is 303 g/mol. The van der Waals surface area contributed by atoms with Gasteiger partial charge in [0.2, 0.25) is 0 Å². The second kappa shape index (κ2) is 5.93. The lowest BCUT2D eigenvalue weighted by molar-refractivity contribution is -0.275. The summed E-state index contributed by atoms with van der Waals surface area (Å²) >= 11 is 0. The first kappa shape index (κ1) is 15.6. The van der Waals surface area contributed by atoms with Crippen LogP contribution in [0.5, 0.6) is 5.75 Å². The first-order chi connectivity index (χ1) is 9.76. The van der Waals surface area contributed by atoms with Crippen LogP contribution in [0, 0.1) is 11.8 Å². The molecule has 0 saturated carbocycles. The molecule has 1 aromatic carbocycles. The highest BCUT2D eigenvalue weighted by Gasteiger charge is 2.36. The standard InChI is InChI=1S/C14H16F3NO3/c1-9(13(19)20)11-7-18(8-11)6-10-4-2-3-5-12(10)21-14(15,16)17/h2-5,9,11H,6-8H2,1H3,(H,19,20). The number of para-hydroxylation sites is 1. The van der Waals surface area contributed by atoms with Gasteiger partial charge in [-0.15, -0.1) is 13.2 Å². The van der Waals surface area contributed by atoms with E-state index in [9.17, 15) is 18.0 Å². The van der Waals surface area contributed by atoms with Crippen LogP contribution in [0.2, 0.25) is 0 Å². The minimum Gasteiger partial charge on any atom is -0.481 e. The number of carboxylic acid groups (broad SMARTS) is 1. The van der Waals surface area contributed by atoms with Gasteiger partial charge < -0.3 is 9.84 Å². The molecule has 0 spiro atoms. The van der Waals surface area contributed by atoms with Crippen molar-refractivity contribution in [2.75, 3.05) is 13.1 Å². The Kier molecular flexibility index (Phi) is 4.41. The molecule has 1 fully saturated rings. The maximum atomic E-state index is 12.3. The summed E-state index contributed by atoms with van der Waals surface area (Å²) in [6.07, 6.45) is -4.72. The predicted octanol–water partition coefficient (Wildman–Crippen LogP) is 2.74. The first-order valence-corrected chi connectivity index (χ1v) is 6.55. The lowest BCUT2D eigenvalue weighted by Crippen LogP contribution is -2.50. The van der Waals surface area contributed by atoms with Gasteiger partial charge in [0.15, 0.2) is 0 Å². The highest BCUT2D eigenvalue weighted by Crippen LogP contribution is 2.30. The second-order valence-corrected chi connectivity index (χ2v) is 5.24. The molecule has 21 heavy (non-hydrogen) atoms. The van der Waals surface area contributed by atoms with Crippen LogP contribution in [0.3, 0.4) is 0 Å². The zero-order chi connectivity index (χ0) is 15.6. The van der Waals surface area contributed by atoms with Crippen LogP contribution in [-0.4, -0.2) is 35.4 Å². The monoisotopic (exact) mass is 303 g/mol. The summed E-state index contributed by atoms with van der Waals surface area (Å²) in [7, 11) is 0. The number of benzene rings is 1. The van der Waals surface area contributed by atoms with Crippen molar-refractivity contribution in [1.29, 1.82) is 0 Å².